The van der Waals surface area contributed by atoms with Gasteiger partial charge in [0, 0.05) is 16.5 Å². The first-order valence-corrected chi connectivity index (χ1v) is 7.66. The highest BCUT2D eigenvalue weighted by Crippen LogP contribution is 2.27. The molecule has 0 unspecified atom stereocenters. The fourth-order valence-corrected chi connectivity index (χ4v) is 2.88. The Morgan fingerprint density at radius 2 is 1.45 bits per heavy atom. The zero-order valence-corrected chi connectivity index (χ0v) is 12.1. The van der Waals surface area contributed by atoms with Gasteiger partial charge >= 0.3 is 0 Å². The molecular weight excluding hydrogens is 242 g/mol. The topological polar surface area (TPSA) is 12.9 Å². The largest absolute Gasteiger partial charge is 0.252 e. The number of aromatic nitrogens is 1. The van der Waals surface area contributed by atoms with E-state index in [1.807, 2.05) is 0 Å². The molecule has 0 saturated carbocycles. The van der Waals surface area contributed by atoms with E-state index in [-0.39, 0.29) is 0 Å². The summed E-state index contributed by atoms with van der Waals surface area (Å²) >= 11 is 0. The molecule has 1 nitrogen and oxygen atoms in total. The van der Waals surface area contributed by atoms with Crippen molar-refractivity contribution in [2.45, 2.75) is 39.0 Å². The highest BCUT2D eigenvalue weighted by atomic mass is 14.7. The van der Waals surface area contributed by atoms with Crippen LogP contribution < -0.4 is 0 Å². The minimum Gasteiger partial charge on any atom is -0.252 e. The van der Waals surface area contributed by atoms with E-state index in [2.05, 4.69) is 55.5 Å². The van der Waals surface area contributed by atoms with Gasteiger partial charge in [0.05, 0.1) is 5.52 Å². The normalized spacial score (nSPS) is 11.2. The molecule has 0 bridgehead atoms. The van der Waals surface area contributed by atoms with Crippen molar-refractivity contribution in [3.05, 3.63) is 54.2 Å². The van der Waals surface area contributed by atoms with Gasteiger partial charge in [-0.3, -0.25) is 4.98 Å². The summed E-state index contributed by atoms with van der Waals surface area (Å²) in [5.41, 5.74) is 2.38. The highest BCUT2D eigenvalue weighted by Gasteiger charge is 2.07. The molecule has 1 aromatic heterocycles. The molecule has 0 aliphatic heterocycles. The summed E-state index contributed by atoms with van der Waals surface area (Å²) in [7, 11) is 0. The number of para-hydroxylation sites is 1. The average Bonchev–Trinajstić information content (AvgIpc) is 2.51. The molecule has 3 rings (SSSR count). The second-order valence-corrected chi connectivity index (χ2v) is 5.43. The number of aryl methyl sites for hydroxylation is 1. The summed E-state index contributed by atoms with van der Waals surface area (Å²) in [5, 5.41) is 3.92. The summed E-state index contributed by atoms with van der Waals surface area (Å²) in [6.45, 7) is 2.25. The van der Waals surface area contributed by atoms with Crippen LogP contribution in [0.1, 0.15) is 38.3 Å². The number of rotatable bonds is 5. The first-order valence-electron chi connectivity index (χ1n) is 7.66. The lowest BCUT2D eigenvalue weighted by molar-refractivity contribution is 0.663. The van der Waals surface area contributed by atoms with Gasteiger partial charge in [0.2, 0.25) is 0 Å². The Hall–Kier alpha value is -1.89. The maximum atomic E-state index is 4.90. The van der Waals surface area contributed by atoms with Crippen LogP contribution in [-0.2, 0) is 6.42 Å². The molecule has 0 fully saturated rings. The van der Waals surface area contributed by atoms with Gasteiger partial charge in [-0.1, -0.05) is 68.7 Å². The van der Waals surface area contributed by atoms with Gasteiger partial charge in [-0.05, 0) is 24.3 Å². The molecule has 2 aromatic carbocycles. The van der Waals surface area contributed by atoms with Crippen molar-refractivity contribution in [2.75, 3.05) is 0 Å². The predicted octanol–water partition coefficient (Wildman–Crippen LogP) is 5.51. The molecule has 1 heterocycles. The zero-order chi connectivity index (χ0) is 13.8. The van der Waals surface area contributed by atoms with Gasteiger partial charge in [-0.15, -0.1) is 0 Å². The van der Waals surface area contributed by atoms with Crippen LogP contribution in [0.4, 0.5) is 0 Å². The van der Waals surface area contributed by atoms with Crippen LogP contribution in [0, 0.1) is 0 Å². The fourth-order valence-electron chi connectivity index (χ4n) is 2.88. The Balaban J connectivity index is 2.05. The van der Waals surface area contributed by atoms with E-state index in [9.17, 15) is 0 Å². The third-order valence-electron chi connectivity index (χ3n) is 3.95. The van der Waals surface area contributed by atoms with E-state index in [0.29, 0.717) is 0 Å². The number of fused-ring (bicyclic) bond motifs is 3. The molecule has 20 heavy (non-hydrogen) atoms. The minimum atomic E-state index is 1.09. The fraction of sp³-hybridized carbons (Fsp3) is 0.316. The van der Waals surface area contributed by atoms with Crippen LogP contribution in [-0.4, -0.2) is 4.98 Å². The Morgan fingerprint density at radius 1 is 0.750 bits per heavy atom. The minimum absolute atomic E-state index is 1.09. The molecular formula is C19H21N. The van der Waals surface area contributed by atoms with E-state index < -0.39 is 0 Å². The molecule has 102 valence electrons. The molecule has 0 spiro atoms. The summed E-state index contributed by atoms with van der Waals surface area (Å²) < 4.78 is 0. The number of pyridine rings is 1. The molecule has 3 aromatic rings. The summed E-state index contributed by atoms with van der Waals surface area (Å²) in [4.78, 5) is 4.90. The molecule has 0 aliphatic rings. The Bertz CT molecular complexity index is 715. The number of benzene rings is 2. The monoisotopic (exact) mass is 263 g/mol. The van der Waals surface area contributed by atoms with Crippen LogP contribution in [0.5, 0.6) is 0 Å². The SMILES string of the molecule is CCCCCCc1nc2ccccc2c2ccccc12. The molecule has 0 amide bonds. The summed E-state index contributed by atoms with van der Waals surface area (Å²) in [6.07, 6.45) is 6.24. The second kappa shape index (κ2) is 6.04. The third kappa shape index (κ3) is 2.53. The smallest absolute Gasteiger partial charge is 0.0711 e. The molecule has 0 atom stereocenters. The second-order valence-electron chi connectivity index (χ2n) is 5.43. The predicted molar refractivity (Wildman–Crippen MR) is 87.1 cm³/mol. The lowest BCUT2D eigenvalue weighted by Gasteiger charge is -2.09. The van der Waals surface area contributed by atoms with Crippen LogP contribution >= 0.6 is 0 Å². The lowest BCUT2D eigenvalue weighted by Crippen LogP contribution is -1.94. The van der Waals surface area contributed by atoms with Crippen LogP contribution in [0.2, 0.25) is 0 Å². The standard InChI is InChI=1S/C19H21N/c1-2-3-4-5-13-18-16-11-7-6-10-15(16)17-12-8-9-14-19(17)20-18/h6-12,14H,2-5,13H2,1H3. The van der Waals surface area contributed by atoms with Gasteiger partial charge in [-0.2, -0.15) is 0 Å². The van der Waals surface area contributed by atoms with Crippen LogP contribution in [0.15, 0.2) is 48.5 Å². The van der Waals surface area contributed by atoms with E-state index in [1.165, 1.54) is 47.5 Å². The van der Waals surface area contributed by atoms with Crippen molar-refractivity contribution < 1.29 is 0 Å². The quantitative estimate of drug-likeness (QED) is 0.437. The van der Waals surface area contributed by atoms with Gasteiger partial charge < -0.3 is 0 Å². The van der Waals surface area contributed by atoms with Crippen LogP contribution in [0.25, 0.3) is 21.7 Å². The van der Waals surface area contributed by atoms with E-state index in [4.69, 9.17) is 4.98 Å². The van der Waals surface area contributed by atoms with Crippen molar-refractivity contribution in [3.8, 4) is 0 Å². The van der Waals surface area contributed by atoms with Crippen LogP contribution in [0.3, 0.4) is 0 Å². The number of unbranched alkanes of at least 4 members (excludes halogenated alkanes) is 3. The maximum absolute atomic E-state index is 4.90. The van der Waals surface area contributed by atoms with Gasteiger partial charge in [0.15, 0.2) is 0 Å². The molecule has 0 saturated heterocycles. The van der Waals surface area contributed by atoms with Gasteiger partial charge in [0.1, 0.15) is 0 Å². The van der Waals surface area contributed by atoms with Crippen molar-refractivity contribution in [2.24, 2.45) is 0 Å². The first kappa shape index (κ1) is 13.1. The van der Waals surface area contributed by atoms with Crippen molar-refractivity contribution in [3.63, 3.8) is 0 Å². The number of hydrogen-bond acceptors (Lipinski definition) is 1. The first-order chi connectivity index (χ1) is 9.90. The summed E-state index contributed by atoms with van der Waals surface area (Å²) in [5.74, 6) is 0. The van der Waals surface area contributed by atoms with Crippen molar-refractivity contribution in [1.82, 2.24) is 4.98 Å². The van der Waals surface area contributed by atoms with E-state index >= 15 is 0 Å². The Kier molecular flexibility index (Phi) is 3.96. The zero-order valence-electron chi connectivity index (χ0n) is 12.1. The number of nitrogens with zero attached hydrogens (tertiary/aromatic N) is 1. The van der Waals surface area contributed by atoms with Gasteiger partial charge in [0.25, 0.3) is 0 Å². The van der Waals surface area contributed by atoms with Gasteiger partial charge in [-0.25, -0.2) is 0 Å². The molecule has 0 radical (unpaired) electrons. The van der Waals surface area contributed by atoms with E-state index in [0.717, 1.165) is 11.9 Å². The van der Waals surface area contributed by atoms with Crippen molar-refractivity contribution in [1.29, 1.82) is 0 Å². The average molecular weight is 263 g/mol. The highest BCUT2D eigenvalue weighted by molar-refractivity contribution is 6.06. The lowest BCUT2D eigenvalue weighted by atomic mass is 10.0. The molecule has 0 aliphatic carbocycles. The molecule has 0 N–H and O–H groups in total. The molecule has 1 heteroatoms. The van der Waals surface area contributed by atoms with Crippen molar-refractivity contribution >= 4 is 21.7 Å². The third-order valence-corrected chi connectivity index (χ3v) is 3.95. The number of hydrogen-bond donors (Lipinski definition) is 0. The van der Waals surface area contributed by atoms with E-state index in [1.54, 1.807) is 0 Å². The summed E-state index contributed by atoms with van der Waals surface area (Å²) in [6, 6.07) is 17.1. The Morgan fingerprint density at radius 3 is 2.25 bits per heavy atom. The Labute approximate surface area is 120 Å². The maximum Gasteiger partial charge on any atom is 0.0711 e.